The Bertz CT molecular complexity index is 1050. The van der Waals surface area contributed by atoms with E-state index in [1.165, 1.54) is 4.90 Å². The van der Waals surface area contributed by atoms with Crippen molar-refractivity contribution in [2.24, 2.45) is 0 Å². The average Bonchev–Trinajstić information content (AvgIpc) is 3.39. The van der Waals surface area contributed by atoms with Crippen LogP contribution in [0.15, 0.2) is 24.3 Å². The van der Waals surface area contributed by atoms with Crippen molar-refractivity contribution in [3.63, 3.8) is 0 Å². The summed E-state index contributed by atoms with van der Waals surface area (Å²) in [6.45, 7) is 2.57. The van der Waals surface area contributed by atoms with Crippen LogP contribution in [0, 0.1) is 11.8 Å². The molecule has 1 aliphatic carbocycles. The summed E-state index contributed by atoms with van der Waals surface area (Å²) in [7, 11) is 1.65. The third kappa shape index (κ3) is 3.40. The number of hydrogen-bond donors (Lipinski definition) is 1. The van der Waals surface area contributed by atoms with E-state index in [-0.39, 0.29) is 5.91 Å². The van der Waals surface area contributed by atoms with E-state index < -0.39 is 11.6 Å². The summed E-state index contributed by atoms with van der Waals surface area (Å²) < 4.78 is 6.93. The van der Waals surface area contributed by atoms with Crippen LogP contribution < -0.4 is 0 Å². The summed E-state index contributed by atoms with van der Waals surface area (Å²) in [5, 5.41) is 15.0. The van der Waals surface area contributed by atoms with Crippen molar-refractivity contribution in [1.29, 1.82) is 0 Å². The zero-order valence-corrected chi connectivity index (χ0v) is 16.6. The van der Waals surface area contributed by atoms with Crippen LogP contribution >= 0.6 is 0 Å². The van der Waals surface area contributed by atoms with Gasteiger partial charge in [-0.05, 0) is 44.4 Å². The van der Waals surface area contributed by atoms with Crippen LogP contribution in [-0.2, 0) is 22.4 Å². The minimum absolute atomic E-state index is 0.296. The van der Waals surface area contributed by atoms with E-state index in [2.05, 4.69) is 16.9 Å². The lowest BCUT2D eigenvalue weighted by molar-refractivity contribution is -0.137. The molecular weight excluding hydrogens is 370 g/mol. The summed E-state index contributed by atoms with van der Waals surface area (Å²) in [6, 6.07) is 7.41. The van der Waals surface area contributed by atoms with E-state index in [9.17, 15) is 14.7 Å². The fraction of sp³-hybridized carbons (Fsp3) is 0.409. The van der Waals surface area contributed by atoms with Gasteiger partial charge in [-0.1, -0.05) is 17.9 Å². The summed E-state index contributed by atoms with van der Waals surface area (Å²) in [6.07, 6.45) is 2.93. The molecule has 29 heavy (non-hydrogen) atoms. The number of aromatic nitrogens is 2. The average molecular weight is 393 g/mol. The number of likely N-dealkylation sites (N-methyl/N-ethyl adjacent to an activating group) is 1. The quantitative estimate of drug-likeness (QED) is 0.631. The largest absolute Gasteiger partial charge is 0.461 e. The number of aliphatic hydroxyl groups is 1. The van der Waals surface area contributed by atoms with Crippen LogP contribution in [-0.4, -0.2) is 57.5 Å². The van der Waals surface area contributed by atoms with Gasteiger partial charge in [-0.2, -0.15) is 5.10 Å². The van der Waals surface area contributed by atoms with Gasteiger partial charge < -0.3 is 14.7 Å². The Hall–Kier alpha value is -3.11. The molecule has 2 aromatic rings. The van der Waals surface area contributed by atoms with E-state index in [4.69, 9.17) is 4.74 Å². The Balaban J connectivity index is 1.68. The number of benzene rings is 1. The molecule has 2 heterocycles. The molecule has 7 nitrogen and oxygen atoms in total. The van der Waals surface area contributed by atoms with Gasteiger partial charge in [0.15, 0.2) is 5.69 Å². The highest BCUT2D eigenvalue weighted by molar-refractivity contribution is 5.90. The predicted molar refractivity (Wildman–Crippen MR) is 106 cm³/mol. The second kappa shape index (κ2) is 7.37. The molecule has 0 spiro atoms. The first-order valence-corrected chi connectivity index (χ1v) is 9.82. The van der Waals surface area contributed by atoms with E-state index in [0.29, 0.717) is 30.8 Å². The lowest BCUT2D eigenvalue weighted by atomic mass is 10.0. The molecule has 1 aromatic carbocycles. The highest BCUT2D eigenvalue weighted by atomic mass is 16.5. The number of ether oxygens (including phenoxy) is 1. The Morgan fingerprint density at radius 3 is 2.93 bits per heavy atom. The molecule has 0 saturated carbocycles. The van der Waals surface area contributed by atoms with Gasteiger partial charge in [0.25, 0.3) is 5.91 Å². The van der Waals surface area contributed by atoms with Crippen LogP contribution in [0.3, 0.4) is 0 Å². The van der Waals surface area contributed by atoms with Crippen molar-refractivity contribution < 1.29 is 19.4 Å². The molecule has 2 aliphatic rings. The smallest absolute Gasteiger partial charge is 0.359 e. The zero-order chi connectivity index (χ0) is 20.6. The summed E-state index contributed by atoms with van der Waals surface area (Å²) in [4.78, 5) is 25.9. The van der Waals surface area contributed by atoms with E-state index in [1.54, 1.807) is 18.7 Å². The molecule has 0 radical (unpaired) electrons. The van der Waals surface area contributed by atoms with Crippen LogP contribution in [0.25, 0.3) is 5.69 Å². The number of esters is 1. The Kier molecular flexibility index (Phi) is 4.89. The minimum Gasteiger partial charge on any atom is -0.461 e. The van der Waals surface area contributed by atoms with Crippen molar-refractivity contribution in [3.05, 3.63) is 46.8 Å². The van der Waals surface area contributed by atoms with Gasteiger partial charge in [-0.15, -0.1) is 0 Å². The van der Waals surface area contributed by atoms with Crippen LogP contribution in [0.5, 0.6) is 0 Å². The first-order chi connectivity index (χ1) is 13.9. The topological polar surface area (TPSA) is 84.7 Å². The Labute approximate surface area is 169 Å². The number of likely N-dealkylation sites (tertiary alicyclic amines) is 1. The summed E-state index contributed by atoms with van der Waals surface area (Å²) in [5.41, 5.74) is 2.17. The van der Waals surface area contributed by atoms with Crippen molar-refractivity contribution in [2.45, 2.75) is 38.2 Å². The van der Waals surface area contributed by atoms with Gasteiger partial charge in [0.05, 0.1) is 12.3 Å². The minimum atomic E-state index is -1.63. The van der Waals surface area contributed by atoms with E-state index >= 15 is 0 Å². The van der Waals surface area contributed by atoms with Gasteiger partial charge in [-0.25, -0.2) is 9.48 Å². The van der Waals surface area contributed by atoms with Gasteiger partial charge in [0.1, 0.15) is 0 Å². The Morgan fingerprint density at radius 1 is 1.38 bits per heavy atom. The standard InChI is InChI=1S/C22H23N3O4/c1-3-29-20(26)19-17-8-5-9-18(17)25(23-19)16-7-4-6-15(14-16)10-11-22(28)12-13-24(2)21(22)27/h4,6-7,14,28H,3,5,8-9,12-13H2,1-2H3. The van der Waals surface area contributed by atoms with Crippen molar-refractivity contribution in [3.8, 4) is 17.5 Å². The first-order valence-electron chi connectivity index (χ1n) is 9.82. The number of rotatable bonds is 3. The third-order valence-electron chi connectivity index (χ3n) is 5.41. The molecule has 1 amide bonds. The third-order valence-corrected chi connectivity index (χ3v) is 5.41. The first kappa shape index (κ1) is 19.2. The SMILES string of the molecule is CCOC(=O)c1nn(-c2cccc(C#CC3(O)CCN(C)C3=O)c2)c2c1CCC2. The van der Waals surface area contributed by atoms with Crippen molar-refractivity contribution in [1.82, 2.24) is 14.7 Å². The maximum Gasteiger partial charge on any atom is 0.359 e. The lowest BCUT2D eigenvalue weighted by Crippen LogP contribution is -2.37. The van der Waals surface area contributed by atoms with Crippen LogP contribution in [0.1, 0.15) is 47.1 Å². The summed E-state index contributed by atoms with van der Waals surface area (Å²) >= 11 is 0. The van der Waals surface area contributed by atoms with Gasteiger partial charge in [-0.3, -0.25) is 4.79 Å². The molecular formula is C22H23N3O4. The molecule has 1 saturated heterocycles. The molecule has 1 fully saturated rings. The highest BCUT2D eigenvalue weighted by Gasteiger charge is 2.42. The molecule has 1 aliphatic heterocycles. The van der Waals surface area contributed by atoms with E-state index in [1.807, 2.05) is 24.3 Å². The molecule has 1 unspecified atom stereocenters. The fourth-order valence-corrected chi connectivity index (χ4v) is 3.88. The van der Waals surface area contributed by atoms with Crippen molar-refractivity contribution >= 4 is 11.9 Å². The number of fused-ring (bicyclic) bond motifs is 1. The fourth-order valence-electron chi connectivity index (χ4n) is 3.88. The molecule has 1 aromatic heterocycles. The number of carbonyl (C=O) groups excluding carboxylic acids is 2. The molecule has 4 rings (SSSR count). The second-order valence-electron chi connectivity index (χ2n) is 7.40. The zero-order valence-electron chi connectivity index (χ0n) is 16.6. The Morgan fingerprint density at radius 2 is 2.21 bits per heavy atom. The van der Waals surface area contributed by atoms with E-state index in [0.717, 1.165) is 36.2 Å². The van der Waals surface area contributed by atoms with Gasteiger partial charge in [0, 0.05) is 36.8 Å². The molecule has 1 N–H and O–H groups in total. The van der Waals surface area contributed by atoms with Gasteiger partial charge >= 0.3 is 5.97 Å². The molecule has 7 heteroatoms. The van der Waals surface area contributed by atoms with Crippen LogP contribution in [0.2, 0.25) is 0 Å². The lowest BCUT2D eigenvalue weighted by Gasteiger charge is -2.13. The maximum atomic E-state index is 12.3. The molecule has 0 bridgehead atoms. The monoisotopic (exact) mass is 393 g/mol. The number of carbonyl (C=O) groups is 2. The number of hydrogen-bond acceptors (Lipinski definition) is 5. The molecule has 1 atom stereocenters. The maximum absolute atomic E-state index is 12.3. The normalized spacial score (nSPS) is 20.4. The number of nitrogens with zero attached hydrogens (tertiary/aromatic N) is 3. The summed E-state index contributed by atoms with van der Waals surface area (Å²) in [5.74, 6) is 4.89. The predicted octanol–water partition coefficient (Wildman–Crippen LogP) is 1.48. The van der Waals surface area contributed by atoms with Gasteiger partial charge in [0.2, 0.25) is 5.60 Å². The van der Waals surface area contributed by atoms with Crippen LogP contribution in [0.4, 0.5) is 0 Å². The van der Waals surface area contributed by atoms with Crippen molar-refractivity contribution in [2.75, 3.05) is 20.2 Å². The molecule has 150 valence electrons. The number of amides is 1. The second-order valence-corrected chi connectivity index (χ2v) is 7.40. The highest BCUT2D eigenvalue weighted by Crippen LogP contribution is 2.28.